The summed E-state index contributed by atoms with van der Waals surface area (Å²) in [5, 5.41) is 3.04. The summed E-state index contributed by atoms with van der Waals surface area (Å²) in [4.78, 5) is 3.89. The molecule has 2 rings (SSSR count). The largest absolute Gasteiger partial charge is 0.399 e. The highest BCUT2D eigenvalue weighted by Crippen LogP contribution is 2.19. The normalized spacial score (nSPS) is 11.9. The smallest absolute Gasteiger partial charge is 0.192 e. The predicted molar refractivity (Wildman–Crippen MR) is 96.9 cm³/mol. The van der Waals surface area contributed by atoms with Gasteiger partial charge in [-0.05, 0) is 60.4 Å². The van der Waals surface area contributed by atoms with E-state index in [0.717, 1.165) is 22.5 Å². The first-order chi connectivity index (χ1) is 10.5. The van der Waals surface area contributed by atoms with E-state index >= 15 is 0 Å². The molecule has 4 nitrogen and oxygen atoms in total. The third-order valence-corrected chi connectivity index (χ3v) is 3.52. The standard InChI is InChI=1S/C18H22N4/c1-12-10-16(19)8-6-14(12)4-5-15-7-9-17(11-13(15)2)22-18(20)21-3/h4-11H,19H2,1-3H3,(H3,20,21,22)/b5-4+. The lowest BCUT2D eigenvalue weighted by Crippen LogP contribution is -2.21. The number of hydrogen-bond acceptors (Lipinski definition) is 2. The summed E-state index contributed by atoms with van der Waals surface area (Å²) in [5.41, 5.74) is 17.8. The van der Waals surface area contributed by atoms with Gasteiger partial charge in [0.25, 0.3) is 0 Å². The highest BCUT2D eigenvalue weighted by Gasteiger charge is 2.00. The van der Waals surface area contributed by atoms with Gasteiger partial charge in [-0.25, -0.2) is 0 Å². The Morgan fingerprint density at radius 3 is 2.14 bits per heavy atom. The molecule has 0 fully saturated rings. The van der Waals surface area contributed by atoms with Crippen molar-refractivity contribution >= 4 is 29.5 Å². The minimum Gasteiger partial charge on any atom is -0.399 e. The SMILES string of the molecule is CN=C(N)Nc1ccc(/C=C/c2ccc(N)cc2C)c(C)c1. The van der Waals surface area contributed by atoms with E-state index in [1.807, 2.05) is 30.3 Å². The maximum atomic E-state index is 5.78. The summed E-state index contributed by atoms with van der Waals surface area (Å²) >= 11 is 0. The minimum atomic E-state index is 0.403. The molecule has 0 heterocycles. The van der Waals surface area contributed by atoms with Gasteiger partial charge in [-0.2, -0.15) is 0 Å². The first-order valence-electron chi connectivity index (χ1n) is 7.13. The van der Waals surface area contributed by atoms with Crippen molar-refractivity contribution in [3.8, 4) is 0 Å². The monoisotopic (exact) mass is 294 g/mol. The van der Waals surface area contributed by atoms with E-state index < -0.39 is 0 Å². The number of aryl methyl sites for hydroxylation is 2. The third-order valence-electron chi connectivity index (χ3n) is 3.52. The average molecular weight is 294 g/mol. The van der Waals surface area contributed by atoms with Crippen LogP contribution in [0.3, 0.4) is 0 Å². The average Bonchev–Trinajstić information content (AvgIpc) is 2.48. The van der Waals surface area contributed by atoms with Crippen LogP contribution in [0.25, 0.3) is 12.2 Å². The van der Waals surface area contributed by atoms with Crippen LogP contribution in [0.2, 0.25) is 0 Å². The molecule has 0 amide bonds. The van der Waals surface area contributed by atoms with Crippen LogP contribution in [0.4, 0.5) is 11.4 Å². The molecule has 0 saturated heterocycles. The second-order valence-corrected chi connectivity index (χ2v) is 5.25. The fourth-order valence-corrected chi connectivity index (χ4v) is 2.21. The molecule has 0 saturated carbocycles. The van der Waals surface area contributed by atoms with Crippen molar-refractivity contribution < 1.29 is 0 Å². The molecule has 0 radical (unpaired) electrons. The number of anilines is 2. The van der Waals surface area contributed by atoms with Crippen molar-refractivity contribution in [1.82, 2.24) is 0 Å². The Balaban J connectivity index is 2.21. The maximum Gasteiger partial charge on any atom is 0.192 e. The van der Waals surface area contributed by atoms with E-state index in [1.165, 1.54) is 11.1 Å². The number of nitrogens with zero attached hydrogens (tertiary/aromatic N) is 1. The number of benzene rings is 2. The van der Waals surface area contributed by atoms with Gasteiger partial charge in [0.15, 0.2) is 5.96 Å². The number of hydrogen-bond donors (Lipinski definition) is 3. The Kier molecular flexibility index (Phi) is 4.84. The Labute approximate surface area is 131 Å². The number of nitrogens with two attached hydrogens (primary N) is 2. The summed E-state index contributed by atoms with van der Waals surface area (Å²) in [6.45, 7) is 4.13. The van der Waals surface area contributed by atoms with Crippen LogP contribution < -0.4 is 16.8 Å². The Morgan fingerprint density at radius 2 is 1.59 bits per heavy atom. The van der Waals surface area contributed by atoms with Crippen molar-refractivity contribution in [3.05, 3.63) is 58.7 Å². The summed E-state index contributed by atoms with van der Waals surface area (Å²) in [7, 11) is 1.65. The van der Waals surface area contributed by atoms with Crippen molar-refractivity contribution in [2.75, 3.05) is 18.1 Å². The van der Waals surface area contributed by atoms with Crippen LogP contribution in [0.15, 0.2) is 41.4 Å². The zero-order valence-electron chi connectivity index (χ0n) is 13.2. The first-order valence-corrected chi connectivity index (χ1v) is 7.13. The number of guanidine groups is 1. The van der Waals surface area contributed by atoms with Gasteiger partial charge in [-0.15, -0.1) is 0 Å². The molecule has 5 N–H and O–H groups in total. The molecule has 0 aliphatic rings. The molecule has 0 aromatic heterocycles. The Hall–Kier alpha value is -2.75. The van der Waals surface area contributed by atoms with Crippen LogP contribution in [0, 0.1) is 13.8 Å². The Morgan fingerprint density at radius 1 is 1.00 bits per heavy atom. The van der Waals surface area contributed by atoms with Crippen LogP contribution in [0.1, 0.15) is 22.3 Å². The molecule has 0 spiro atoms. The van der Waals surface area contributed by atoms with Gasteiger partial charge in [0, 0.05) is 18.4 Å². The summed E-state index contributed by atoms with van der Waals surface area (Å²) < 4.78 is 0. The lowest BCUT2D eigenvalue weighted by Gasteiger charge is -2.08. The zero-order valence-corrected chi connectivity index (χ0v) is 13.2. The number of aliphatic imine (C=N–C) groups is 1. The van der Waals surface area contributed by atoms with E-state index in [1.54, 1.807) is 7.05 Å². The molecule has 0 aliphatic carbocycles. The highest BCUT2D eigenvalue weighted by molar-refractivity contribution is 5.92. The Bertz CT molecular complexity index is 730. The fourth-order valence-electron chi connectivity index (χ4n) is 2.21. The van der Waals surface area contributed by atoms with Gasteiger partial charge in [0.1, 0.15) is 0 Å². The lowest BCUT2D eigenvalue weighted by atomic mass is 10.0. The van der Waals surface area contributed by atoms with Crippen LogP contribution >= 0.6 is 0 Å². The third kappa shape index (κ3) is 3.88. The van der Waals surface area contributed by atoms with E-state index in [9.17, 15) is 0 Å². The topological polar surface area (TPSA) is 76.4 Å². The molecule has 0 aliphatic heterocycles. The van der Waals surface area contributed by atoms with E-state index in [2.05, 4.69) is 42.4 Å². The molecule has 22 heavy (non-hydrogen) atoms. The van der Waals surface area contributed by atoms with Gasteiger partial charge in [0.05, 0.1) is 0 Å². The second-order valence-electron chi connectivity index (χ2n) is 5.25. The van der Waals surface area contributed by atoms with Crippen LogP contribution in [0.5, 0.6) is 0 Å². The summed E-state index contributed by atoms with van der Waals surface area (Å²) in [6, 6.07) is 12.0. The molecule has 0 unspecified atom stereocenters. The number of nitrogens with one attached hydrogen (secondary N) is 1. The van der Waals surface area contributed by atoms with Crippen molar-refractivity contribution in [1.29, 1.82) is 0 Å². The quantitative estimate of drug-likeness (QED) is 0.351. The van der Waals surface area contributed by atoms with Crippen LogP contribution in [-0.4, -0.2) is 13.0 Å². The van der Waals surface area contributed by atoms with Gasteiger partial charge >= 0.3 is 0 Å². The molecule has 2 aromatic carbocycles. The minimum absolute atomic E-state index is 0.403. The van der Waals surface area contributed by atoms with Gasteiger partial charge in [-0.1, -0.05) is 24.3 Å². The van der Waals surface area contributed by atoms with Crippen molar-refractivity contribution in [2.45, 2.75) is 13.8 Å². The van der Waals surface area contributed by atoms with Gasteiger partial charge in [0.2, 0.25) is 0 Å². The number of rotatable bonds is 3. The predicted octanol–water partition coefficient (Wildman–Crippen LogP) is 3.41. The molecular formula is C18H22N4. The molecule has 0 bridgehead atoms. The van der Waals surface area contributed by atoms with Gasteiger partial charge < -0.3 is 16.8 Å². The van der Waals surface area contributed by atoms with Crippen molar-refractivity contribution in [3.63, 3.8) is 0 Å². The number of nitrogen functional groups attached to an aromatic ring is 1. The second kappa shape index (κ2) is 6.80. The molecule has 0 atom stereocenters. The molecule has 2 aromatic rings. The first kappa shape index (κ1) is 15.6. The molecule has 4 heteroatoms. The summed E-state index contributed by atoms with van der Waals surface area (Å²) in [5.74, 6) is 0.403. The fraction of sp³-hybridized carbons (Fsp3) is 0.167. The van der Waals surface area contributed by atoms with Crippen molar-refractivity contribution in [2.24, 2.45) is 10.7 Å². The molecule has 114 valence electrons. The highest BCUT2D eigenvalue weighted by atomic mass is 15.1. The van der Waals surface area contributed by atoms with Gasteiger partial charge in [-0.3, -0.25) is 4.99 Å². The molecular weight excluding hydrogens is 272 g/mol. The van der Waals surface area contributed by atoms with E-state index in [4.69, 9.17) is 11.5 Å². The van der Waals surface area contributed by atoms with Crippen LogP contribution in [-0.2, 0) is 0 Å². The maximum absolute atomic E-state index is 5.78. The van der Waals surface area contributed by atoms with E-state index in [-0.39, 0.29) is 0 Å². The zero-order chi connectivity index (χ0) is 16.1. The lowest BCUT2D eigenvalue weighted by molar-refractivity contribution is 1.37. The van der Waals surface area contributed by atoms with E-state index in [0.29, 0.717) is 5.96 Å². The summed E-state index contributed by atoms with van der Waals surface area (Å²) in [6.07, 6.45) is 4.21.